The van der Waals surface area contributed by atoms with E-state index in [4.69, 9.17) is 5.73 Å². The van der Waals surface area contributed by atoms with E-state index in [1.807, 2.05) is 14.0 Å². The Morgan fingerprint density at radius 2 is 2.20 bits per heavy atom. The van der Waals surface area contributed by atoms with Crippen LogP contribution in [-0.4, -0.2) is 9.55 Å². The van der Waals surface area contributed by atoms with Gasteiger partial charge in [0.25, 0.3) is 0 Å². The SMILES string of the molecule is CCc1cccc2c1nc(C(C)N)n2C. The van der Waals surface area contributed by atoms with Crippen LogP contribution in [-0.2, 0) is 13.5 Å². The summed E-state index contributed by atoms with van der Waals surface area (Å²) in [6, 6.07) is 6.27. The van der Waals surface area contributed by atoms with E-state index >= 15 is 0 Å². The predicted molar refractivity (Wildman–Crippen MR) is 62.7 cm³/mol. The highest BCUT2D eigenvalue weighted by Gasteiger charge is 2.12. The average Bonchev–Trinajstić information content (AvgIpc) is 2.56. The third-order valence-electron chi connectivity index (χ3n) is 2.82. The lowest BCUT2D eigenvalue weighted by Gasteiger charge is -2.04. The number of hydrogen-bond acceptors (Lipinski definition) is 2. The predicted octanol–water partition coefficient (Wildman–Crippen LogP) is 2.16. The van der Waals surface area contributed by atoms with Gasteiger partial charge in [0.05, 0.1) is 17.1 Å². The Bertz CT molecular complexity index is 483. The Kier molecular flexibility index (Phi) is 2.49. The fourth-order valence-electron chi connectivity index (χ4n) is 1.98. The van der Waals surface area contributed by atoms with Gasteiger partial charge in [-0.15, -0.1) is 0 Å². The molecule has 2 aromatic rings. The van der Waals surface area contributed by atoms with Gasteiger partial charge in [-0.1, -0.05) is 19.1 Å². The molecule has 3 nitrogen and oxygen atoms in total. The smallest absolute Gasteiger partial charge is 0.126 e. The molecule has 2 N–H and O–H groups in total. The van der Waals surface area contributed by atoms with Crippen LogP contribution < -0.4 is 5.73 Å². The Balaban J connectivity index is 2.75. The van der Waals surface area contributed by atoms with Crippen LogP contribution in [0.25, 0.3) is 11.0 Å². The van der Waals surface area contributed by atoms with E-state index in [1.165, 1.54) is 11.1 Å². The molecule has 1 heterocycles. The van der Waals surface area contributed by atoms with E-state index in [9.17, 15) is 0 Å². The first-order chi connectivity index (χ1) is 7.15. The summed E-state index contributed by atoms with van der Waals surface area (Å²) < 4.78 is 2.08. The zero-order chi connectivity index (χ0) is 11.0. The van der Waals surface area contributed by atoms with Crippen molar-refractivity contribution in [3.8, 4) is 0 Å². The van der Waals surface area contributed by atoms with Crippen molar-refractivity contribution < 1.29 is 0 Å². The summed E-state index contributed by atoms with van der Waals surface area (Å²) in [5, 5.41) is 0. The summed E-state index contributed by atoms with van der Waals surface area (Å²) in [5.41, 5.74) is 9.43. The lowest BCUT2D eigenvalue weighted by atomic mass is 10.1. The molecule has 80 valence electrons. The Labute approximate surface area is 89.9 Å². The number of nitrogens with zero attached hydrogens (tertiary/aromatic N) is 2. The number of nitrogens with two attached hydrogens (primary N) is 1. The molecule has 0 amide bonds. The fraction of sp³-hybridized carbons (Fsp3) is 0.417. The van der Waals surface area contributed by atoms with Crippen molar-refractivity contribution in [2.24, 2.45) is 12.8 Å². The molecule has 2 rings (SSSR count). The van der Waals surface area contributed by atoms with Gasteiger partial charge < -0.3 is 10.3 Å². The molecular weight excluding hydrogens is 186 g/mol. The third-order valence-corrected chi connectivity index (χ3v) is 2.82. The molecule has 0 fully saturated rings. The minimum Gasteiger partial charge on any atom is -0.330 e. The molecule has 0 saturated heterocycles. The van der Waals surface area contributed by atoms with Gasteiger partial charge in [-0.2, -0.15) is 0 Å². The molecule has 1 aromatic carbocycles. The van der Waals surface area contributed by atoms with E-state index in [-0.39, 0.29) is 6.04 Å². The lowest BCUT2D eigenvalue weighted by Crippen LogP contribution is -2.11. The Morgan fingerprint density at radius 1 is 1.47 bits per heavy atom. The van der Waals surface area contributed by atoms with Crippen molar-refractivity contribution in [3.05, 3.63) is 29.6 Å². The van der Waals surface area contributed by atoms with Crippen molar-refractivity contribution in [2.45, 2.75) is 26.3 Å². The quantitative estimate of drug-likeness (QED) is 0.812. The first kappa shape index (κ1) is 10.2. The highest BCUT2D eigenvalue weighted by Crippen LogP contribution is 2.21. The van der Waals surface area contributed by atoms with Crippen LogP contribution in [0, 0.1) is 0 Å². The van der Waals surface area contributed by atoms with E-state index in [1.54, 1.807) is 0 Å². The van der Waals surface area contributed by atoms with Gasteiger partial charge in [0, 0.05) is 7.05 Å². The number of aromatic nitrogens is 2. The van der Waals surface area contributed by atoms with Crippen LogP contribution in [0.4, 0.5) is 0 Å². The topological polar surface area (TPSA) is 43.8 Å². The number of para-hydroxylation sites is 1. The molecule has 1 atom stereocenters. The Hall–Kier alpha value is -1.35. The molecule has 3 heteroatoms. The lowest BCUT2D eigenvalue weighted by molar-refractivity contribution is 0.696. The zero-order valence-corrected chi connectivity index (χ0v) is 9.49. The summed E-state index contributed by atoms with van der Waals surface area (Å²) in [6.07, 6.45) is 1.01. The van der Waals surface area contributed by atoms with Crippen LogP contribution in [0.5, 0.6) is 0 Å². The number of rotatable bonds is 2. The monoisotopic (exact) mass is 203 g/mol. The summed E-state index contributed by atoms with van der Waals surface area (Å²) in [5.74, 6) is 0.950. The second-order valence-electron chi connectivity index (χ2n) is 3.96. The highest BCUT2D eigenvalue weighted by molar-refractivity contribution is 5.79. The fourth-order valence-corrected chi connectivity index (χ4v) is 1.98. The second-order valence-corrected chi connectivity index (χ2v) is 3.96. The molecule has 1 aromatic heterocycles. The molecular formula is C12H17N3. The normalized spacial score (nSPS) is 13.3. The minimum atomic E-state index is -0.0212. The number of benzene rings is 1. The Morgan fingerprint density at radius 3 is 2.80 bits per heavy atom. The van der Waals surface area contributed by atoms with Gasteiger partial charge in [-0.05, 0) is 25.0 Å². The van der Waals surface area contributed by atoms with E-state index in [0.717, 1.165) is 17.8 Å². The van der Waals surface area contributed by atoms with Crippen LogP contribution in [0.3, 0.4) is 0 Å². The first-order valence-corrected chi connectivity index (χ1v) is 5.35. The maximum Gasteiger partial charge on any atom is 0.126 e. The van der Waals surface area contributed by atoms with E-state index in [2.05, 4.69) is 34.7 Å². The summed E-state index contributed by atoms with van der Waals surface area (Å²) in [4.78, 5) is 4.62. The van der Waals surface area contributed by atoms with Gasteiger partial charge in [0.15, 0.2) is 0 Å². The molecule has 1 unspecified atom stereocenters. The maximum absolute atomic E-state index is 5.89. The second kappa shape index (κ2) is 3.66. The number of fused-ring (bicyclic) bond motifs is 1. The van der Waals surface area contributed by atoms with Gasteiger partial charge in [-0.3, -0.25) is 0 Å². The van der Waals surface area contributed by atoms with Gasteiger partial charge in [0.2, 0.25) is 0 Å². The zero-order valence-electron chi connectivity index (χ0n) is 9.49. The molecule has 0 aliphatic heterocycles. The highest BCUT2D eigenvalue weighted by atomic mass is 15.1. The van der Waals surface area contributed by atoms with Crippen LogP contribution in [0.1, 0.15) is 31.3 Å². The van der Waals surface area contributed by atoms with Crippen LogP contribution in [0.2, 0.25) is 0 Å². The van der Waals surface area contributed by atoms with Gasteiger partial charge in [-0.25, -0.2) is 4.98 Å². The molecule has 0 aliphatic rings. The minimum absolute atomic E-state index is 0.0212. The maximum atomic E-state index is 5.89. The summed E-state index contributed by atoms with van der Waals surface area (Å²) >= 11 is 0. The summed E-state index contributed by atoms with van der Waals surface area (Å²) in [7, 11) is 2.02. The van der Waals surface area contributed by atoms with Crippen molar-refractivity contribution in [3.63, 3.8) is 0 Å². The van der Waals surface area contributed by atoms with E-state index in [0.29, 0.717) is 0 Å². The van der Waals surface area contributed by atoms with Gasteiger partial charge in [0.1, 0.15) is 5.82 Å². The van der Waals surface area contributed by atoms with Crippen molar-refractivity contribution in [1.82, 2.24) is 9.55 Å². The van der Waals surface area contributed by atoms with Crippen molar-refractivity contribution >= 4 is 11.0 Å². The molecule has 0 spiro atoms. The van der Waals surface area contributed by atoms with Crippen LogP contribution >= 0.6 is 0 Å². The molecule has 0 saturated carbocycles. The molecule has 0 bridgehead atoms. The van der Waals surface area contributed by atoms with Crippen molar-refractivity contribution in [2.75, 3.05) is 0 Å². The summed E-state index contributed by atoms with van der Waals surface area (Å²) in [6.45, 7) is 4.11. The number of imidazole rings is 1. The standard InChI is InChI=1S/C12H17N3/c1-4-9-6-5-7-10-11(9)14-12(8(2)13)15(10)3/h5-8H,4,13H2,1-3H3. The molecule has 15 heavy (non-hydrogen) atoms. The van der Waals surface area contributed by atoms with Gasteiger partial charge >= 0.3 is 0 Å². The average molecular weight is 203 g/mol. The number of hydrogen-bond donors (Lipinski definition) is 1. The van der Waals surface area contributed by atoms with Crippen molar-refractivity contribution in [1.29, 1.82) is 0 Å². The van der Waals surface area contributed by atoms with E-state index < -0.39 is 0 Å². The first-order valence-electron chi connectivity index (χ1n) is 5.35. The number of aryl methyl sites for hydroxylation is 2. The third kappa shape index (κ3) is 1.53. The molecule has 0 radical (unpaired) electrons. The van der Waals surface area contributed by atoms with Crippen LogP contribution in [0.15, 0.2) is 18.2 Å². The molecule has 0 aliphatic carbocycles. The largest absolute Gasteiger partial charge is 0.330 e.